The summed E-state index contributed by atoms with van der Waals surface area (Å²) in [7, 11) is 0. The largest absolute Gasteiger partial charge is 0.456 e. The molecule has 44 heavy (non-hydrogen) atoms. The van der Waals surface area contributed by atoms with Gasteiger partial charge in [0.25, 0.3) is 0 Å². The zero-order valence-electron chi connectivity index (χ0n) is 26.4. The van der Waals surface area contributed by atoms with Crippen LogP contribution >= 0.6 is 0 Å². The van der Waals surface area contributed by atoms with Crippen LogP contribution in [0, 0.1) is 23.7 Å². The Morgan fingerprint density at radius 1 is 0.682 bits per heavy atom. The van der Waals surface area contributed by atoms with E-state index in [9.17, 15) is 24.9 Å². The summed E-state index contributed by atoms with van der Waals surface area (Å²) in [5.74, 6) is 1.40. The second-order valence-corrected chi connectivity index (χ2v) is 15.2. The Hall–Kier alpha value is -1.82. The van der Waals surface area contributed by atoms with Crippen molar-refractivity contribution in [1.82, 2.24) is 0 Å². The highest BCUT2D eigenvalue weighted by atomic mass is 16.6. The van der Waals surface area contributed by atoms with Crippen molar-refractivity contribution in [2.45, 2.75) is 126 Å². The van der Waals surface area contributed by atoms with E-state index in [1.165, 1.54) is 12.8 Å². The Bertz CT molecular complexity index is 1080. The molecule has 10 nitrogen and oxygen atoms in total. The van der Waals surface area contributed by atoms with Crippen LogP contribution in [0.4, 0.5) is 0 Å². The number of hydrogen-bond acceptors (Lipinski definition) is 10. The predicted molar refractivity (Wildman–Crippen MR) is 160 cm³/mol. The highest BCUT2D eigenvalue weighted by Crippen LogP contribution is 2.61. The summed E-state index contributed by atoms with van der Waals surface area (Å²) in [4.78, 5) is 24.0. The molecule has 0 radical (unpaired) electrons. The van der Waals surface area contributed by atoms with Gasteiger partial charge in [-0.15, -0.1) is 0 Å². The van der Waals surface area contributed by atoms with Crippen molar-refractivity contribution in [3.63, 3.8) is 0 Å². The van der Waals surface area contributed by atoms with Gasteiger partial charge in [0.15, 0.2) is 0 Å². The third-order valence-electron chi connectivity index (χ3n) is 10.8. The molecule has 8 rings (SSSR count). The van der Waals surface area contributed by atoms with Gasteiger partial charge in [-0.05, 0) is 102 Å². The van der Waals surface area contributed by atoms with Gasteiger partial charge in [0.1, 0.15) is 23.4 Å². The van der Waals surface area contributed by atoms with Gasteiger partial charge in [0, 0.05) is 24.0 Å². The monoisotopic (exact) mass is 620 g/mol. The Labute approximate surface area is 260 Å². The Morgan fingerprint density at radius 3 is 1.45 bits per heavy atom. The number of rotatable bonds is 12. The van der Waals surface area contributed by atoms with Crippen LogP contribution in [0.5, 0.6) is 0 Å². The van der Waals surface area contributed by atoms with Gasteiger partial charge in [-0.2, -0.15) is 0 Å². The van der Waals surface area contributed by atoms with E-state index in [-0.39, 0.29) is 49.6 Å². The fourth-order valence-corrected chi connectivity index (χ4v) is 10.1. The average Bonchev–Trinajstić information content (AvgIpc) is 2.93. The molecule has 0 spiro atoms. The molecular formula is C34H52O10. The fraction of sp³-hybridized carbons (Fsp3) is 0.824. The molecule has 8 aliphatic rings. The first kappa shape index (κ1) is 33.5. The standard InChI is InChI=1S/2C17H26O5/c1-11(2)15(20)22-17-6-12-3-13(7-17)5-16(4-12,10-17)21-9-14(19)8-18;1-11(2)15(20)22-17-6-12-3-13(7-17)5-16(4-12,10-17)21-14(8-18)9-19/h2*12-14,18-19H,1,3-10H2,2H3. The first-order valence-corrected chi connectivity index (χ1v) is 16.3. The van der Waals surface area contributed by atoms with Crippen molar-refractivity contribution in [3.05, 3.63) is 24.3 Å². The third-order valence-corrected chi connectivity index (χ3v) is 10.8. The summed E-state index contributed by atoms with van der Waals surface area (Å²) in [6.07, 6.45) is 9.75. The van der Waals surface area contributed by atoms with Crippen LogP contribution in [-0.4, -0.2) is 93.4 Å². The number of aliphatic hydroxyl groups is 4. The van der Waals surface area contributed by atoms with E-state index in [0.29, 0.717) is 47.7 Å². The molecule has 8 bridgehead atoms. The van der Waals surface area contributed by atoms with Crippen LogP contribution in [0.2, 0.25) is 0 Å². The quantitative estimate of drug-likeness (QED) is 0.189. The number of carbonyl (C=O) groups is 2. The van der Waals surface area contributed by atoms with Crippen LogP contribution in [0.1, 0.15) is 90.9 Å². The lowest BCUT2D eigenvalue weighted by Crippen LogP contribution is -2.62. The molecule has 8 aliphatic carbocycles. The van der Waals surface area contributed by atoms with Crippen LogP contribution in [0.15, 0.2) is 24.3 Å². The molecule has 4 N–H and O–H groups in total. The molecule has 8 fully saturated rings. The van der Waals surface area contributed by atoms with Gasteiger partial charge in [-0.1, -0.05) is 13.2 Å². The Kier molecular flexibility index (Phi) is 9.73. The summed E-state index contributed by atoms with van der Waals surface area (Å²) in [5, 5.41) is 37.2. The molecule has 0 aromatic carbocycles. The first-order valence-electron chi connectivity index (χ1n) is 16.3. The molecular weight excluding hydrogens is 568 g/mol. The SMILES string of the molecule is C=C(C)C(=O)OC12CC3CC(C1)CC(OC(CO)CO)(C3)C2.C=C(C)C(=O)OC12CC3CC(CC(OCC(O)CO)(C3)C1)C2. The number of ether oxygens (including phenoxy) is 4. The molecule has 5 unspecified atom stereocenters. The van der Waals surface area contributed by atoms with Crippen molar-refractivity contribution in [2.24, 2.45) is 23.7 Å². The van der Waals surface area contributed by atoms with E-state index < -0.39 is 23.4 Å². The van der Waals surface area contributed by atoms with Crippen molar-refractivity contribution in [3.8, 4) is 0 Å². The van der Waals surface area contributed by atoms with Gasteiger partial charge in [-0.3, -0.25) is 0 Å². The second kappa shape index (κ2) is 12.8. The van der Waals surface area contributed by atoms with Crippen LogP contribution < -0.4 is 0 Å². The van der Waals surface area contributed by atoms with Crippen LogP contribution in [-0.2, 0) is 28.5 Å². The average molecular weight is 621 g/mol. The van der Waals surface area contributed by atoms with Gasteiger partial charge in [0.2, 0.25) is 0 Å². The molecule has 0 aromatic heterocycles. The maximum atomic E-state index is 12.0. The maximum Gasteiger partial charge on any atom is 0.333 e. The predicted octanol–water partition coefficient (Wildman–Crippen LogP) is 3.13. The summed E-state index contributed by atoms with van der Waals surface area (Å²) in [6.45, 7) is 10.2. The first-order chi connectivity index (χ1) is 20.7. The van der Waals surface area contributed by atoms with Crippen molar-refractivity contribution in [2.75, 3.05) is 26.4 Å². The molecule has 8 saturated carbocycles. The fourth-order valence-electron chi connectivity index (χ4n) is 10.1. The van der Waals surface area contributed by atoms with Gasteiger partial charge in [-0.25, -0.2) is 9.59 Å². The lowest BCUT2D eigenvalue weighted by molar-refractivity contribution is -0.250. The summed E-state index contributed by atoms with van der Waals surface area (Å²) < 4.78 is 23.8. The summed E-state index contributed by atoms with van der Waals surface area (Å²) in [5.41, 5.74) is -0.693. The highest BCUT2D eigenvalue weighted by Gasteiger charge is 2.62. The number of hydrogen-bond donors (Lipinski definition) is 4. The Morgan fingerprint density at radius 2 is 1.07 bits per heavy atom. The van der Waals surface area contributed by atoms with Crippen LogP contribution in [0.25, 0.3) is 0 Å². The molecule has 248 valence electrons. The third kappa shape index (κ3) is 7.10. The molecule has 10 heteroatoms. The smallest absolute Gasteiger partial charge is 0.333 e. The van der Waals surface area contributed by atoms with Gasteiger partial charge < -0.3 is 39.4 Å². The maximum absolute atomic E-state index is 12.0. The second-order valence-electron chi connectivity index (χ2n) is 15.2. The Balaban J connectivity index is 0.000000175. The number of carbonyl (C=O) groups excluding carboxylic acids is 2. The van der Waals surface area contributed by atoms with E-state index in [0.717, 1.165) is 51.4 Å². The summed E-state index contributed by atoms with van der Waals surface area (Å²) in [6, 6.07) is 0. The zero-order valence-corrected chi connectivity index (χ0v) is 26.4. The van der Waals surface area contributed by atoms with Crippen molar-refractivity contribution < 1.29 is 49.0 Å². The minimum atomic E-state index is -0.845. The minimum Gasteiger partial charge on any atom is -0.456 e. The number of aliphatic hydroxyl groups excluding tert-OH is 4. The van der Waals surface area contributed by atoms with E-state index >= 15 is 0 Å². The zero-order chi connectivity index (χ0) is 31.9. The lowest BCUT2D eigenvalue weighted by Gasteiger charge is -2.61. The van der Waals surface area contributed by atoms with E-state index in [1.54, 1.807) is 13.8 Å². The highest BCUT2D eigenvalue weighted by molar-refractivity contribution is 5.87. The van der Waals surface area contributed by atoms with Crippen LogP contribution in [0.3, 0.4) is 0 Å². The molecule has 5 atom stereocenters. The molecule has 0 aliphatic heterocycles. The normalized spacial score (nSPS) is 39.9. The molecule has 0 aromatic rings. The van der Waals surface area contributed by atoms with E-state index in [1.807, 2.05) is 0 Å². The van der Waals surface area contributed by atoms with Crippen molar-refractivity contribution >= 4 is 11.9 Å². The molecule has 0 amide bonds. The van der Waals surface area contributed by atoms with Gasteiger partial charge in [0.05, 0.1) is 37.6 Å². The van der Waals surface area contributed by atoms with E-state index in [4.69, 9.17) is 24.1 Å². The molecule has 0 saturated heterocycles. The lowest BCUT2D eigenvalue weighted by atomic mass is 9.52. The summed E-state index contributed by atoms with van der Waals surface area (Å²) >= 11 is 0. The number of esters is 2. The van der Waals surface area contributed by atoms with Gasteiger partial charge >= 0.3 is 11.9 Å². The minimum absolute atomic E-state index is 0.139. The van der Waals surface area contributed by atoms with E-state index in [2.05, 4.69) is 13.2 Å². The molecule has 0 heterocycles. The topological polar surface area (TPSA) is 152 Å². The van der Waals surface area contributed by atoms with Crippen molar-refractivity contribution in [1.29, 1.82) is 0 Å².